The number of nitro benzene ring substituents is 1. The Balaban J connectivity index is 2.57. The SMILES string of the molecule is CCc1cccc(CC)c1NC(=O)[C@H](CC)N(c1cc([N+](=O)[O-])ccc1C)S(C)(=O)=O. The van der Waals surface area contributed by atoms with Crippen LogP contribution in [0.5, 0.6) is 0 Å². The van der Waals surface area contributed by atoms with Crippen molar-refractivity contribution in [3.63, 3.8) is 0 Å². The van der Waals surface area contributed by atoms with Crippen molar-refractivity contribution in [2.75, 3.05) is 15.9 Å². The number of nitro groups is 1. The Morgan fingerprint density at radius 1 is 1.13 bits per heavy atom. The van der Waals surface area contributed by atoms with Crippen molar-refractivity contribution >= 4 is 33.0 Å². The second kappa shape index (κ2) is 9.91. The Bertz CT molecular complexity index is 1060. The fourth-order valence-electron chi connectivity index (χ4n) is 3.59. The van der Waals surface area contributed by atoms with Gasteiger partial charge in [0.05, 0.1) is 16.9 Å². The van der Waals surface area contributed by atoms with Crippen LogP contribution in [0.25, 0.3) is 0 Å². The number of non-ortho nitro benzene ring substituents is 1. The van der Waals surface area contributed by atoms with E-state index in [1.807, 2.05) is 32.0 Å². The summed E-state index contributed by atoms with van der Waals surface area (Å²) >= 11 is 0. The summed E-state index contributed by atoms with van der Waals surface area (Å²) in [7, 11) is -3.91. The molecule has 0 heterocycles. The van der Waals surface area contributed by atoms with Gasteiger partial charge in [-0.25, -0.2) is 8.42 Å². The highest BCUT2D eigenvalue weighted by Gasteiger charge is 2.33. The molecule has 9 heteroatoms. The predicted molar refractivity (Wildman–Crippen MR) is 123 cm³/mol. The average Bonchev–Trinajstić information content (AvgIpc) is 2.71. The first-order chi connectivity index (χ1) is 14.5. The standard InChI is InChI=1S/C22H29N3O5S/c1-6-16-10-9-11-17(7-2)21(16)23-22(26)19(8-3)24(31(5,29)30)20-14-18(25(27)28)13-12-15(20)4/h9-14,19H,6-8H2,1-5H3,(H,23,26)/t19-/m0/s1. The monoisotopic (exact) mass is 447 g/mol. The van der Waals surface area contributed by atoms with Gasteiger partial charge in [0.2, 0.25) is 15.9 Å². The molecule has 31 heavy (non-hydrogen) atoms. The molecule has 2 rings (SSSR count). The molecule has 2 aromatic rings. The smallest absolute Gasteiger partial charge is 0.271 e. The summed E-state index contributed by atoms with van der Waals surface area (Å²) in [5.41, 5.74) is 3.01. The summed E-state index contributed by atoms with van der Waals surface area (Å²) in [6.45, 7) is 7.33. The molecule has 1 atom stereocenters. The zero-order chi connectivity index (χ0) is 23.3. The number of para-hydroxylation sites is 1. The van der Waals surface area contributed by atoms with Gasteiger partial charge >= 0.3 is 0 Å². The molecule has 0 fully saturated rings. The topological polar surface area (TPSA) is 110 Å². The van der Waals surface area contributed by atoms with E-state index in [1.165, 1.54) is 18.2 Å². The maximum absolute atomic E-state index is 13.3. The highest BCUT2D eigenvalue weighted by molar-refractivity contribution is 7.92. The van der Waals surface area contributed by atoms with Gasteiger partial charge < -0.3 is 5.32 Å². The molecule has 0 saturated heterocycles. The van der Waals surface area contributed by atoms with Crippen LogP contribution < -0.4 is 9.62 Å². The van der Waals surface area contributed by atoms with Crippen molar-refractivity contribution in [3.8, 4) is 0 Å². The molecule has 0 saturated carbocycles. The summed E-state index contributed by atoms with van der Waals surface area (Å²) in [6, 6.07) is 8.71. The van der Waals surface area contributed by atoms with Crippen LogP contribution in [0.15, 0.2) is 36.4 Å². The van der Waals surface area contributed by atoms with E-state index in [0.29, 0.717) is 24.1 Å². The van der Waals surface area contributed by atoms with Crippen molar-refractivity contribution in [1.82, 2.24) is 0 Å². The number of sulfonamides is 1. The largest absolute Gasteiger partial charge is 0.324 e. The lowest BCUT2D eigenvalue weighted by Gasteiger charge is -2.31. The van der Waals surface area contributed by atoms with Gasteiger partial charge in [-0.05, 0) is 42.9 Å². The first-order valence-electron chi connectivity index (χ1n) is 10.2. The summed E-state index contributed by atoms with van der Waals surface area (Å²) < 4.78 is 26.5. The zero-order valence-electron chi connectivity index (χ0n) is 18.5. The van der Waals surface area contributed by atoms with Crippen LogP contribution in [0.3, 0.4) is 0 Å². The van der Waals surface area contributed by atoms with E-state index in [-0.39, 0.29) is 17.8 Å². The molecule has 1 N–H and O–H groups in total. The molecule has 0 aliphatic rings. The van der Waals surface area contributed by atoms with E-state index in [4.69, 9.17) is 0 Å². The number of carbonyl (C=O) groups excluding carboxylic acids is 1. The Morgan fingerprint density at radius 2 is 1.71 bits per heavy atom. The number of nitrogens with zero attached hydrogens (tertiary/aromatic N) is 2. The van der Waals surface area contributed by atoms with E-state index < -0.39 is 26.9 Å². The Labute approximate surface area is 183 Å². The number of hydrogen-bond acceptors (Lipinski definition) is 5. The van der Waals surface area contributed by atoms with Crippen molar-refractivity contribution in [1.29, 1.82) is 0 Å². The minimum Gasteiger partial charge on any atom is -0.324 e. The predicted octanol–water partition coefficient (Wildman–Crippen LogP) is 4.21. The molecule has 1 amide bonds. The average molecular weight is 448 g/mol. The van der Waals surface area contributed by atoms with Gasteiger partial charge in [0.1, 0.15) is 6.04 Å². The van der Waals surface area contributed by atoms with Crippen LogP contribution in [0.4, 0.5) is 17.1 Å². The van der Waals surface area contributed by atoms with E-state index >= 15 is 0 Å². The number of anilines is 2. The number of aryl methyl sites for hydroxylation is 3. The third-order valence-corrected chi connectivity index (χ3v) is 6.38. The third-order valence-electron chi connectivity index (χ3n) is 5.22. The third kappa shape index (κ3) is 5.41. The van der Waals surface area contributed by atoms with Gasteiger partial charge in [0, 0.05) is 17.8 Å². The Morgan fingerprint density at radius 3 is 2.16 bits per heavy atom. The zero-order valence-corrected chi connectivity index (χ0v) is 19.3. The van der Waals surface area contributed by atoms with Gasteiger partial charge in [-0.2, -0.15) is 0 Å². The number of rotatable bonds is 9. The number of nitrogens with one attached hydrogen (secondary N) is 1. The molecule has 0 aliphatic heterocycles. The van der Waals surface area contributed by atoms with Crippen LogP contribution >= 0.6 is 0 Å². The highest BCUT2D eigenvalue weighted by atomic mass is 32.2. The second-order valence-electron chi connectivity index (χ2n) is 7.36. The summed E-state index contributed by atoms with van der Waals surface area (Å²) in [6.07, 6.45) is 2.61. The van der Waals surface area contributed by atoms with E-state index in [2.05, 4.69) is 5.32 Å². The van der Waals surface area contributed by atoms with E-state index in [9.17, 15) is 23.3 Å². The molecule has 0 aromatic heterocycles. The molecule has 0 radical (unpaired) electrons. The normalized spacial score (nSPS) is 12.3. The van der Waals surface area contributed by atoms with Crippen LogP contribution in [0.2, 0.25) is 0 Å². The van der Waals surface area contributed by atoms with Gasteiger partial charge in [-0.1, -0.05) is 45.0 Å². The molecule has 0 bridgehead atoms. The quantitative estimate of drug-likeness (QED) is 0.457. The lowest BCUT2D eigenvalue weighted by molar-refractivity contribution is -0.384. The lowest BCUT2D eigenvalue weighted by atomic mass is 10.0. The van der Waals surface area contributed by atoms with Crippen molar-refractivity contribution < 1.29 is 18.1 Å². The van der Waals surface area contributed by atoms with Crippen molar-refractivity contribution in [2.24, 2.45) is 0 Å². The van der Waals surface area contributed by atoms with Crippen LogP contribution in [-0.2, 0) is 27.7 Å². The second-order valence-corrected chi connectivity index (χ2v) is 9.22. The fourth-order valence-corrected chi connectivity index (χ4v) is 4.85. The summed E-state index contributed by atoms with van der Waals surface area (Å²) in [5.74, 6) is -0.477. The Hall–Kier alpha value is -2.94. The van der Waals surface area contributed by atoms with Crippen LogP contribution in [0.1, 0.15) is 43.9 Å². The van der Waals surface area contributed by atoms with Gasteiger partial charge in [-0.3, -0.25) is 19.2 Å². The number of hydrogen-bond donors (Lipinski definition) is 1. The number of amides is 1. The van der Waals surface area contributed by atoms with Crippen LogP contribution in [-0.4, -0.2) is 31.5 Å². The van der Waals surface area contributed by atoms with Gasteiger partial charge in [0.25, 0.3) is 5.69 Å². The maximum atomic E-state index is 13.3. The first kappa shape index (κ1) is 24.3. The first-order valence-corrected chi connectivity index (χ1v) is 12.1. The fraction of sp³-hybridized carbons (Fsp3) is 0.409. The van der Waals surface area contributed by atoms with Crippen LogP contribution in [0, 0.1) is 17.0 Å². The summed E-state index contributed by atoms with van der Waals surface area (Å²) in [5, 5.41) is 14.2. The maximum Gasteiger partial charge on any atom is 0.271 e. The van der Waals surface area contributed by atoms with Crippen molar-refractivity contribution in [3.05, 3.63) is 63.2 Å². The molecule has 0 aliphatic carbocycles. The van der Waals surface area contributed by atoms with Crippen molar-refractivity contribution in [2.45, 2.75) is 53.0 Å². The van der Waals surface area contributed by atoms with E-state index in [1.54, 1.807) is 13.8 Å². The molecule has 0 unspecified atom stereocenters. The number of carbonyl (C=O) groups is 1. The highest BCUT2D eigenvalue weighted by Crippen LogP contribution is 2.31. The molecule has 2 aromatic carbocycles. The van der Waals surface area contributed by atoms with Gasteiger partial charge in [-0.15, -0.1) is 0 Å². The lowest BCUT2D eigenvalue weighted by Crippen LogP contribution is -2.47. The van der Waals surface area contributed by atoms with E-state index in [0.717, 1.165) is 21.7 Å². The Kier molecular flexibility index (Phi) is 7.78. The molecular weight excluding hydrogens is 418 g/mol. The molecule has 168 valence electrons. The minimum absolute atomic E-state index is 0.123. The minimum atomic E-state index is -3.91. The summed E-state index contributed by atoms with van der Waals surface area (Å²) in [4.78, 5) is 24.0. The molecular formula is C22H29N3O5S. The number of benzene rings is 2. The molecule has 8 nitrogen and oxygen atoms in total. The van der Waals surface area contributed by atoms with Gasteiger partial charge in [0.15, 0.2) is 0 Å². The molecule has 0 spiro atoms.